The third kappa shape index (κ3) is 6.44. The first-order chi connectivity index (χ1) is 16.3. The van der Waals surface area contributed by atoms with Gasteiger partial charge in [0.05, 0.1) is 5.56 Å². The first-order valence-electron chi connectivity index (χ1n) is 12.1. The zero-order valence-electron chi connectivity index (χ0n) is 19.2. The molecule has 0 bridgehead atoms. The Balaban J connectivity index is 1.35. The Morgan fingerprint density at radius 3 is 2.38 bits per heavy atom. The number of allylic oxidation sites excluding steroid dienone is 1. The van der Waals surface area contributed by atoms with Crippen LogP contribution in [0.1, 0.15) is 74.0 Å². The molecule has 0 N–H and O–H groups in total. The van der Waals surface area contributed by atoms with Gasteiger partial charge in [-0.2, -0.15) is 0 Å². The molecule has 5 heteroatoms. The average molecular weight is 471 g/mol. The maximum atomic E-state index is 14.1. The highest BCUT2D eigenvalue weighted by Crippen LogP contribution is 2.48. The van der Waals surface area contributed by atoms with E-state index in [1.165, 1.54) is 56.6 Å². The molecule has 2 aliphatic rings. The molecule has 0 spiro atoms. The number of ether oxygens (including phenoxy) is 1. The molecule has 4 atom stereocenters. The van der Waals surface area contributed by atoms with Crippen molar-refractivity contribution in [3.8, 4) is 17.6 Å². The minimum Gasteiger partial charge on any atom is -0.406 e. The predicted octanol–water partition coefficient (Wildman–Crippen LogP) is 8.39. The van der Waals surface area contributed by atoms with E-state index in [2.05, 4.69) is 35.3 Å². The van der Waals surface area contributed by atoms with Gasteiger partial charge in [0, 0.05) is 11.6 Å². The highest BCUT2D eigenvalue weighted by molar-refractivity contribution is 5.46. The molecular formula is C29H30F4O. The maximum absolute atomic E-state index is 14.1. The lowest BCUT2D eigenvalue weighted by Crippen LogP contribution is -2.30. The Labute approximate surface area is 199 Å². The van der Waals surface area contributed by atoms with Gasteiger partial charge >= 0.3 is 6.36 Å². The molecule has 0 aliphatic heterocycles. The highest BCUT2D eigenvalue weighted by atomic mass is 19.4. The summed E-state index contributed by atoms with van der Waals surface area (Å²) < 4.78 is 54.7. The van der Waals surface area contributed by atoms with Crippen LogP contribution in [-0.4, -0.2) is 6.36 Å². The Bertz CT molecular complexity index is 1040. The number of rotatable bonds is 5. The number of halogens is 4. The SMILES string of the molecule is C=CCCC1CCC2CC(c3ccc(C#Cc4ccc(OC(F)(F)F)cc4F)cc3)CCC2C1. The third-order valence-corrected chi connectivity index (χ3v) is 7.40. The normalized spacial score (nSPS) is 24.5. The van der Waals surface area contributed by atoms with E-state index in [1.807, 2.05) is 18.2 Å². The molecular weight excluding hydrogens is 440 g/mol. The van der Waals surface area contributed by atoms with Crippen molar-refractivity contribution in [2.75, 3.05) is 0 Å². The summed E-state index contributed by atoms with van der Waals surface area (Å²) in [7, 11) is 0. The lowest BCUT2D eigenvalue weighted by atomic mass is 9.63. The van der Waals surface area contributed by atoms with Crippen molar-refractivity contribution in [1.82, 2.24) is 0 Å². The van der Waals surface area contributed by atoms with Crippen molar-refractivity contribution < 1.29 is 22.3 Å². The first-order valence-corrected chi connectivity index (χ1v) is 12.1. The molecule has 0 radical (unpaired) electrons. The van der Waals surface area contributed by atoms with E-state index in [1.54, 1.807) is 0 Å². The van der Waals surface area contributed by atoms with Crippen molar-refractivity contribution in [2.45, 2.75) is 63.6 Å². The molecule has 2 aromatic rings. The van der Waals surface area contributed by atoms with E-state index in [9.17, 15) is 17.6 Å². The first kappa shape index (κ1) is 24.4. The van der Waals surface area contributed by atoms with Crippen LogP contribution in [0.4, 0.5) is 17.6 Å². The molecule has 0 amide bonds. The monoisotopic (exact) mass is 470 g/mol. The van der Waals surface area contributed by atoms with Gasteiger partial charge in [0.1, 0.15) is 11.6 Å². The molecule has 2 fully saturated rings. The van der Waals surface area contributed by atoms with Crippen molar-refractivity contribution in [3.05, 3.63) is 77.6 Å². The summed E-state index contributed by atoms with van der Waals surface area (Å²) in [4.78, 5) is 0. The second-order valence-electron chi connectivity index (χ2n) is 9.64. The van der Waals surface area contributed by atoms with E-state index in [0.29, 0.717) is 12.0 Å². The fourth-order valence-corrected chi connectivity index (χ4v) is 5.68. The molecule has 0 heterocycles. The summed E-state index contributed by atoms with van der Waals surface area (Å²) in [5, 5.41) is 0. The number of fused-ring (bicyclic) bond motifs is 1. The van der Waals surface area contributed by atoms with Gasteiger partial charge in [0.25, 0.3) is 0 Å². The summed E-state index contributed by atoms with van der Waals surface area (Å²) in [5.41, 5.74) is 2.11. The Morgan fingerprint density at radius 2 is 1.68 bits per heavy atom. The minimum atomic E-state index is -4.86. The second-order valence-corrected chi connectivity index (χ2v) is 9.64. The predicted molar refractivity (Wildman–Crippen MR) is 126 cm³/mol. The topological polar surface area (TPSA) is 9.23 Å². The second kappa shape index (κ2) is 10.7. The van der Waals surface area contributed by atoms with Crippen LogP contribution in [0, 0.1) is 35.4 Å². The Kier molecular flexibility index (Phi) is 7.66. The van der Waals surface area contributed by atoms with E-state index >= 15 is 0 Å². The molecule has 2 saturated carbocycles. The number of hydrogen-bond acceptors (Lipinski definition) is 1. The van der Waals surface area contributed by atoms with E-state index < -0.39 is 17.9 Å². The van der Waals surface area contributed by atoms with Crippen molar-refractivity contribution in [1.29, 1.82) is 0 Å². The lowest BCUT2D eigenvalue weighted by molar-refractivity contribution is -0.274. The van der Waals surface area contributed by atoms with E-state index in [4.69, 9.17) is 0 Å². The smallest absolute Gasteiger partial charge is 0.406 e. The van der Waals surface area contributed by atoms with Crippen LogP contribution in [0.15, 0.2) is 55.1 Å². The fraction of sp³-hybridized carbons (Fsp3) is 0.448. The van der Waals surface area contributed by atoms with Crippen LogP contribution < -0.4 is 4.74 Å². The minimum absolute atomic E-state index is 0.0283. The summed E-state index contributed by atoms with van der Waals surface area (Å²) in [6.07, 6.45) is 7.43. The van der Waals surface area contributed by atoms with Gasteiger partial charge in [-0.15, -0.1) is 19.8 Å². The lowest BCUT2D eigenvalue weighted by Gasteiger charge is -2.42. The third-order valence-electron chi connectivity index (χ3n) is 7.40. The van der Waals surface area contributed by atoms with E-state index in [0.717, 1.165) is 35.8 Å². The van der Waals surface area contributed by atoms with Crippen LogP contribution in [0.25, 0.3) is 0 Å². The largest absolute Gasteiger partial charge is 0.573 e. The molecule has 0 saturated heterocycles. The van der Waals surface area contributed by atoms with Gasteiger partial charge in [0.2, 0.25) is 0 Å². The van der Waals surface area contributed by atoms with Crippen LogP contribution >= 0.6 is 0 Å². The molecule has 0 aromatic heterocycles. The summed E-state index contributed by atoms with van der Waals surface area (Å²) in [6.45, 7) is 3.86. The van der Waals surface area contributed by atoms with Crippen molar-refractivity contribution >= 4 is 0 Å². The molecule has 2 aromatic carbocycles. The molecule has 4 rings (SSSR count). The van der Waals surface area contributed by atoms with Crippen LogP contribution in [0.5, 0.6) is 5.75 Å². The molecule has 34 heavy (non-hydrogen) atoms. The summed E-state index contributed by atoms with van der Waals surface area (Å²) in [6, 6.07) is 11.1. The average Bonchev–Trinajstić information content (AvgIpc) is 2.81. The molecule has 4 unspecified atom stereocenters. The summed E-state index contributed by atoms with van der Waals surface area (Å²) >= 11 is 0. The number of hydrogen-bond donors (Lipinski definition) is 0. The van der Waals surface area contributed by atoms with Crippen LogP contribution in [-0.2, 0) is 0 Å². The molecule has 2 aliphatic carbocycles. The summed E-state index contributed by atoms with van der Waals surface area (Å²) in [5.74, 6) is 7.31. The van der Waals surface area contributed by atoms with Gasteiger partial charge in [-0.25, -0.2) is 4.39 Å². The van der Waals surface area contributed by atoms with Crippen LogP contribution in [0.3, 0.4) is 0 Å². The molecule has 180 valence electrons. The van der Waals surface area contributed by atoms with E-state index in [-0.39, 0.29) is 5.56 Å². The zero-order chi connectivity index (χ0) is 24.1. The standard InChI is InChI=1S/C29H30F4O/c1-2-3-4-21-8-12-26-18-25(14-13-24(26)17-21)22-9-5-20(6-10-22)7-11-23-15-16-27(19-28(23)30)34-29(31,32)33/h2,5-6,9-10,15-16,19,21,24-26H,1,3-4,8,12-14,17-18H2. The number of benzene rings is 2. The Morgan fingerprint density at radius 1 is 0.941 bits per heavy atom. The van der Waals surface area contributed by atoms with Gasteiger partial charge in [-0.1, -0.05) is 36.5 Å². The zero-order valence-corrected chi connectivity index (χ0v) is 19.2. The van der Waals surface area contributed by atoms with Gasteiger partial charge in [-0.3, -0.25) is 0 Å². The maximum Gasteiger partial charge on any atom is 0.573 e. The Hall–Kier alpha value is -2.74. The quantitative estimate of drug-likeness (QED) is 0.242. The van der Waals surface area contributed by atoms with Crippen molar-refractivity contribution in [2.24, 2.45) is 17.8 Å². The van der Waals surface area contributed by atoms with Gasteiger partial charge in [0.15, 0.2) is 0 Å². The van der Waals surface area contributed by atoms with Gasteiger partial charge in [-0.05, 0) is 98.4 Å². The molecule has 1 nitrogen and oxygen atoms in total. The van der Waals surface area contributed by atoms with Gasteiger partial charge < -0.3 is 4.74 Å². The van der Waals surface area contributed by atoms with Crippen molar-refractivity contribution in [3.63, 3.8) is 0 Å². The number of alkyl halides is 3. The highest BCUT2D eigenvalue weighted by Gasteiger charge is 2.35. The fourth-order valence-electron chi connectivity index (χ4n) is 5.68. The van der Waals surface area contributed by atoms with Crippen LogP contribution in [0.2, 0.25) is 0 Å².